The van der Waals surface area contributed by atoms with Crippen LogP contribution in [0.2, 0.25) is 10.0 Å². The summed E-state index contributed by atoms with van der Waals surface area (Å²) >= 11 is 13.1. The largest absolute Gasteiger partial charge is 0.0843 e. The van der Waals surface area contributed by atoms with Gasteiger partial charge in [-0.2, -0.15) is 0 Å². The molecule has 2 heteroatoms. The van der Waals surface area contributed by atoms with E-state index in [0.29, 0.717) is 47.3 Å². The molecule has 4 saturated carbocycles. The van der Waals surface area contributed by atoms with Crippen LogP contribution in [0.25, 0.3) is 0 Å². The Morgan fingerprint density at radius 2 is 0.926 bits per heavy atom. The molecule has 4 aromatic rings. The highest BCUT2D eigenvalue weighted by Gasteiger charge is 2.65. The molecule has 0 bridgehead atoms. The molecule has 0 aromatic heterocycles. The van der Waals surface area contributed by atoms with Gasteiger partial charge in [-0.1, -0.05) is 163 Å². The van der Waals surface area contributed by atoms with E-state index in [1.54, 1.807) is 5.56 Å². The van der Waals surface area contributed by atoms with Crippen molar-refractivity contribution in [1.82, 2.24) is 0 Å². The second kappa shape index (κ2) is 15.1. The third-order valence-corrected chi connectivity index (χ3v) is 16.3. The third-order valence-electron chi connectivity index (χ3n) is 15.8. The summed E-state index contributed by atoms with van der Waals surface area (Å²) in [6.45, 7) is 15.2. The van der Waals surface area contributed by atoms with Gasteiger partial charge in [0.05, 0.1) is 0 Å². The van der Waals surface area contributed by atoms with Crippen LogP contribution in [-0.2, 0) is 11.8 Å². The normalized spacial score (nSPS) is 31.4. The highest BCUT2D eigenvalue weighted by molar-refractivity contribution is 6.30. The fourth-order valence-corrected chi connectivity index (χ4v) is 13.9. The lowest BCUT2D eigenvalue weighted by molar-refractivity contribution is 0.0294. The minimum absolute atomic E-state index is 0.0830. The first-order valence-electron chi connectivity index (χ1n) is 21.4. The summed E-state index contributed by atoms with van der Waals surface area (Å²) in [6, 6.07) is 41.9. The van der Waals surface area contributed by atoms with E-state index in [-0.39, 0.29) is 16.2 Å². The van der Waals surface area contributed by atoms with Crippen molar-refractivity contribution in [3.8, 4) is 0 Å². The average Bonchev–Trinajstić information content (AvgIpc) is 3.81. The van der Waals surface area contributed by atoms with Crippen molar-refractivity contribution in [2.75, 3.05) is 0 Å². The van der Waals surface area contributed by atoms with Crippen LogP contribution in [0.5, 0.6) is 0 Å². The van der Waals surface area contributed by atoms with Gasteiger partial charge in [0.15, 0.2) is 0 Å². The van der Waals surface area contributed by atoms with Gasteiger partial charge in [0.2, 0.25) is 0 Å². The molecule has 0 saturated heterocycles. The molecule has 286 valence electrons. The molecule has 0 radical (unpaired) electrons. The van der Waals surface area contributed by atoms with E-state index >= 15 is 0 Å². The average molecular weight is 760 g/mol. The van der Waals surface area contributed by atoms with E-state index in [1.807, 2.05) is 0 Å². The van der Waals surface area contributed by atoms with Gasteiger partial charge < -0.3 is 0 Å². The summed E-state index contributed by atoms with van der Waals surface area (Å²) in [4.78, 5) is 0. The van der Waals surface area contributed by atoms with E-state index < -0.39 is 0 Å². The monoisotopic (exact) mass is 758 g/mol. The first-order valence-corrected chi connectivity index (χ1v) is 22.2. The maximum Gasteiger partial charge on any atom is 0.0406 e. The van der Waals surface area contributed by atoms with Gasteiger partial charge in [-0.3, -0.25) is 0 Å². The zero-order chi connectivity index (χ0) is 37.8. The van der Waals surface area contributed by atoms with Crippen LogP contribution < -0.4 is 0 Å². The van der Waals surface area contributed by atoms with Crippen molar-refractivity contribution in [1.29, 1.82) is 0 Å². The van der Waals surface area contributed by atoms with E-state index in [4.69, 9.17) is 23.2 Å². The van der Waals surface area contributed by atoms with Crippen molar-refractivity contribution < 1.29 is 0 Å². The molecule has 9 atom stereocenters. The number of rotatable bonds is 7. The van der Waals surface area contributed by atoms with Gasteiger partial charge in [-0.25, -0.2) is 0 Å². The molecule has 9 unspecified atom stereocenters. The van der Waals surface area contributed by atoms with Gasteiger partial charge in [0.25, 0.3) is 0 Å². The van der Waals surface area contributed by atoms with Crippen LogP contribution in [0.4, 0.5) is 0 Å². The van der Waals surface area contributed by atoms with Crippen molar-refractivity contribution >= 4 is 23.2 Å². The molecule has 8 rings (SSSR count). The lowest BCUT2D eigenvalue weighted by Gasteiger charge is -2.54. The van der Waals surface area contributed by atoms with E-state index in [9.17, 15) is 0 Å². The van der Waals surface area contributed by atoms with Crippen molar-refractivity contribution in [3.05, 3.63) is 141 Å². The van der Waals surface area contributed by atoms with Gasteiger partial charge in [0, 0.05) is 15.5 Å². The van der Waals surface area contributed by atoms with Gasteiger partial charge in [-0.15, -0.1) is 0 Å². The predicted molar refractivity (Wildman–Crippen MR) is 230 cm³/mol. The van der Waals surface area contributed by atoms with Crippen molar-refractivity contribution in [2.45, 2.75) is 117 Å². The Hall–Kier alpha value is -2.54. The highest BCUT2D eigenvalue weighted by Crippen LogP contribution is 2.71. The number of hydrogen-bond acceptors (Lipinski definition) is 0. The first kappa shape index (κ1) is 38.3. The van der Waals surface area contributed by atoms with Gasteiger partial charge in [-0.05, 0) is 161 Å². The fraction of sp³-hybridized carbons (Fsp3) is 0.538. The molecule has 4 aromatic carbocycles. The molecule has 0 N–H and O–H groups in total. The van der Waals surface area contributed by atoms with E-state index in [1.165, 1.54) is 68.1 Å². The van der Waals surface area contributed by atoms with Gasteiger partial charge >= 0.3 is 0 Å². The Morgan fingerprint density at radius 3 is 1.35 bits per heavy atom. The van der Waals surface area contributed by atoms with Crippen LogP contribution in [0, 0.1) is 58.2 Å². The highest BCUT2D eigenvalue weighted by atomic mass is 35.5. The van der Waals surface area contributed by atoms with Gasteiger partial charge in [0.1, 0.15) is 0 Å². The Balaban J connectivity index is 1.35. The van der Waals surface area contributed by atoms with E-state index in [2.05, 4.69) is 151 Å². The van der Waals surface area contributed by atoms with Crippen LogP contribution >= 0.6 is 23.2 Å². The standard InChI is InChI=1S/C52H64Cl2/c1-50(2,3)47-31-43-44-32-48(51(4,5)6)42(36-23-27-40(54)28-24-36)30-46(44)49(45(43)29-41(47)35-21-25-39(53)26-22-35)52(38-19-13-14-20-38,37-17-11-8-12-18-37)33-34-15-9-7-10-16-34/h7-12,15-18,21-28,38,41-49H,13-14,19-20,29-33H2,1-6H3. The molecule has 0 nitrogen and oxygen atoms in total. The van der Waals surface area contributed by atoms with Crippen LogP contribution in [0.15, 0.2) is 109 Å². The van der Waals surface area contributed by atoms with Crippen LogP contribution in [0.3, 0.4) is 0 Å². The maximum atomic E-state index is 6.57. The zero-order valence-corrected chi connectivity index (χ0v) is 35.3. The lowest BCUT2D eigenvalue weighted by Crippen LogP contribution is -2.50. The number of fused-ring (bicyclic) bond motifs is 3. The molecule has 54 heavy (non-hydrogen) atoms. The number of halogens is 2. The quantitative estimate of drug-likeness (QED) is 0.176. The minimum atomic E-state index is 0.0830. The Morgan fingerprint density at radius 1 is 0.500 bits per heavy atom. The summed E-state index contributed by atoms with van der Waals surface area (Å²) in [6.07, 6.45) is 11.8. The minimum Gasteiger partial charge on any atom is -0.0843 e. The molecule has 4 aliphatic carbocycles. The molecule has 0 heterocycles. The second-order valence-corrected chi connectivity index (χ2v) is 21.3. The number of benzene rings is 4. The molecule has 0 amide bonds. The fourth-order valence-electron chi connectivity index (χ4n) is 13.7. The summed E-state index contributed by atoms with van der Waals surface area (Å²) < 4.78 is 0. The van der Waals surface area contributed by atoms with Crippen molar-refractivity contribution in [3.63, 3.8) is 0 Å². The van der Waals surface area contributed by atoms with Crippen LogP contribution in [0.1, 0.15) is 127 Å². The lowest BCUT2D eigenvalue weighted by atomic mass is 9.50. The molecule has 0 spiro atoms. The molecular formula is C52H64Cl2. The Bertz CT molecular complexity index is 1740. The molecule has 0 aliphatic heterocycles. The summed E-state index contributed by atoms with van der Waals surface area (Å²) in [5, 5.41) is 1.69. The Labute approximate surface area is 337 Å². The summed E-state index contributed by atoms with van der Waals surface area (Å²) in [7, 11) is 0. The molecular weight excluding hydrogens is 695 g/mol. The summed E-state index contributed by atoms with van der Waals surface area (Å²) in [5.41, 5.74) is 6.67. The zero-order valence-electron chi connectivity index (χ0n) is 33.8. The van der Waals surface area contributed by atoms with Crippen LogP contribution in [-0.4, -0.2) is 0 Å². The first-order chi connectivity index (χ1) is 25.8. The van der Waals surface area contributed by atoms with E-state index in [0.717, 1.165) is 28.3 Å². The molecule has 4 aliphatic rings. The second-order valence-electron chi connectivity index (χ2n) is 20.4. The molecule has 4 fully saturated rings. The summed E-state index contributed by atoms with van der Waals surface area (Å²) in [5.74, 6) is 6.46. The van der Waals surface area contributed by atoms with Crippen molar-refractivity contribution in [2.24, 2.45) is 58.2 Å². The topological polar surface area (TPSA) is 0 Å². The SMILES string of the molecule is CC(C)(C)C1CC2C3CC(C(C)(C)C)C(c4ccc(Cl)cc4)CC3C(C(Cc3ccccc3)(c3ccccc3)C3CCCC3)C2CC1c1ccc(Cl)cc1. The third kappa shape index (κ3) is 7.15. The number of hydrogen-bond donors (Lipinski definition) is 0. The smallest absolute Gasteiger partial charge is 0.0406 e. The predicted octanol–water partition coefficient (Wildman–Crippen LogP) is 15.2. The Kier molecular flexibility index (Phi) is 10.7. The maximum absolute atomic E-state index is 6.57.